The van der Waals surface area contributed by atoms with Crippen LogP contribution in [0.4, 0.5) is 0 Å². The van der Waals surface area contributed by atoms with Crippen LogP contribution in [0, 0.1) is 17.8 Å². The number of terminal acetylenes is 1. The number of ether oxygens (including phenoxy) is 1. The highest BCUT2D eigenvalue weighted by Crippen LogP contribution is 2.23. The second-order valence-electron chi connectivity index (χ2n) is 6.64. The summed E-state index contributed by atoms with van der Waals surface area (Å²) < 4.78 is 5.46. The molecular weight excluding hydrogens is 312 g/mol. The van der Waals surface area contributed by atoms with Crippen LogP contribution < -0.4 is 10.1 Å². The highest BCUT2D eigenvalue weighted by Gasteiger charge is 2.18. The Hall–Kier alpha value is -1.58. The molecule has 1 amide bonds. The molecule has 0 aromatic carbocycles. The van der Waals surface area contributed by atoms with Gasteiger partial charge in [0.25, 0.3) is 11.1 Å². The number of aromatic nitrogens is 1. The average molecular weight is 338 g/mol. The van der Waals surface area contributed by atoms with Crippen molar-refractivity contribution in [1.82, 2.24) is 10.3 Å². The molecule has 1 atom stereocenters. The maximum absolute atomic E-state index is 11.9. The Morgan fingerprint density at radius 3 is 2.91 bits per heavy atom. The number of aliphatic hydroxyl groups is 1. The molecule has 1 heterocycles. The predicted molar refractivity (Wildman–Crippen MR) is 92.7 cm³/mol. The molecular formula is C17H26N2O3S. The van der Waals surface area contributed by atoms with Gasteiger partial charge >= 0.3 is 0 Å². The highest BCUT2D eigenvalue weighted by molar-refractivity contribution is 7.15. The van der Waals surface area contributed by atoms with Crippen LogP contribution in [0.2, 0.25) is 0 Å². The fourth-order valence-corrected chi connectivity index (χ4v) is 2.69. The van der Waals surface area contributed by atoms with E-state index in [-0.39, 0.29) is 17.9 Å². The fraction of sp³-hybridized carbons (Fsp3) is 0.647. The molecule has 0 aliphatic carbocycles. The van der Waals surface area contributed by atoms with Crippen LogP contribution in [0.1, 0.15) is 56.1 Å². The number of aliphatic hydroxyl groups excluding tert-OH is 1. The number of nitrogens with one attached hydrogen (secondary N) is 1. The predicted octanol–water partition coefficient (Wildman–Crippen LogP) is 2.85. The lowest BCUT2D eigenvalue weighted by molar-refractivity contribution is 0.0709. The molecule has 1 unspecified atom stereocenters. The molecule has 0 saturated heterocycles. The monoisotopic (exact) mass is 338 g/mol. The van der Waals surface area contributed by atoms with Crippen molar-refractivity contribution < 1.29 is 14.6 Å². The molecule has 2 N–H and O–H groups in total. The van der Waals surface area contributed by atoms with Crippen LogP contribution in [-0.4, -0.2) is 35.3 Å². The van der Waals surface area contributed by atoms with Crippen molar-refractivity contribution in [2.24, 2.45) is 5.41 Å². The van der Waals surface area contributed by atoms with Gasteiger partial charge in [0.1, 0.15) is 11.5 Å². The first-order chi connectivity index (χ1) is 10.8. The molecule has 0 fully saturated rings. The number of hydrogen-bond acceptors (Lipinski definition) is 5. The SMILES string of the molecule is C#CCCCCNC(=O)c1cnc(OCC(O)CC(C)(C)C)s1. The maximum atomic E-state index is 11.9. The van der Waals surface area contributed by atoms with E-state index in [4.69, 9.17) is 11.2 Å². The molecule has 128 valence electrons. The van der Waals surface area contributed by atoms with Crippen LogP contribution in [0.25, 0.3) is 0 Å². The summed E-state index contributed by atoms with van der Waals surface area (Å²) in [5.41, 5.74) is 0.0378. The third-order valence-corrected chi connectivity index (χ3v) is 3.90. The number of thiazole rings is 1. The van der Waals surface area contributed by atoms with Crippen molar-refractivity contribution in [3.8, 4) is 17.5 Å². The van der Waals surface area contributed by atoms with E-state index >= 15 is 0 Å². The molecule has 0 radical (unpaired) electrons. The number of rotatable bonds is 9. The molecule has 0 aliphatic rings. The number of hydrogen-bond donors (Lipinski definition) is 2. The van der Waals surface area contributed by atoms with E-state index in [9.17, 15) is 9.90 Å². The van der Waals surface area contributed by atoms with Crippen LogP contribution in [0.15, 0.2) is 6.20 Å². The average Bonchev–Trinajstić information content (AvgIpc) is 2.92. The van der Waals surface area contributed by atoms with Gasteiger partial charge in [0.05, 0.1) is 12.3 Å². The topological polar surface area (TPSA) is 71.5 Å². The number of nitrogens with zero attached hydrogens (tertiary/aromatic N) is 1. The lowest BCUT2D eigenvalue weighted by atomic mass is 9.89. The van der Waals surface area contributed by atoms with E-state index in [1.807, 2.05) is 0 Å². The summed E-state index contributed by atoms with van der Waals surface area (Å²) in [6.07, 6.45) is 9.25. The maximum Gasteiger partial charge on any atom is 0.273 e. The molecule has 23 heavy (non-hydrogen) atoms. The zero-order valence-electron chi connectivity index (χ0n) is 14.1. The lowest BCUT2D eigenvalue weighted by Gasteiger charge is -2.21. The molecule has 6 heteroatoms. The molecule has 0 bridgehead atoms. The second kappa shape index (κ2) is 9.53. The number of carbonyl (C=O) groups excluding carboxylic acids is 1. The Kier molecular flexibility index (Phi) is 8.07. The number of amides is 1. The summed E-state index contributed by atoms with van der Waals surface area (Å²) in [4.78, 5) is 16.5. The van der Waals surface area contributed by atoms with Gasteiger partial charge in [0.2, 0.25) is 0 Å². The standard InChI is InChI=1S/C17H26N2O3S/c1-5-6-7-8-9-18-15(21)14-11-19-16(23-14)22-12-13(20)10-17(2,3)4/h1,11,13,20H,6-10,12H2,2-4H3,(H,18,21). The Balaban J connectivity index is 2.33. The van der Waals surface area contributed by atoms with Crippen molar-refractivity contribution >= 4 is 17.2 Å². The van der Waals surface area contributed by atoms with Crippen molar-refractivity contribution in [3.63, 3.8) is 0 Å². The van der Waals surface area contributed by atoms with Gasteiger partial charge in [0.15, 0.2) is 0 Å². The van der Waals surface area contributed by atoms with Gasteiger partial charge in [0, 0.05) is 13.0 Å². The quantitative estimate of drug-likeness (QED) is 0.536. The first-order valence-corrected chi connectivity index (χ1v) is 8.62. The van der Waals surface area contributed by atoms with E-state index in [1.165, 1.54) is 17.5 Å². The Bertz CT molecular complexity index is 529. The second-order valence-corrected chi connectivity index (χ2v) is 7.63. The molecule has 1 aromatic rings. The van der Waals surface area contributed by atoms with Crippen LogP contribution in [-0.2, 0) is 0 Å². The molecule has 5 nitrogen and oxygen atoms in total. The number of carbonyl (C=O) groups is 1. The van der Waals surface area contributed by atoms with Gasteiger partial charge in [-0.3, -0.25) is 4.79 Å². The normalized spacial score (nSPS) is 12.5. The molecule has 0 spiro atoms. The van der Waals surface area contributed by atoms with Gasteiger partial charge in [-0.1, -0.05) is 32.1 Å². The zero-order valence-corrected chi connectivity index (χ0v) is 14.9. The van der Waals surface area contributed by atoms with E-state index < -0.39 is 6.10 Å². The summed E-state index contributed by atoms with van der Waals surface area (Å²) in [5.74, 6) is 2.41. The van der Waals surface area contributed by atoms with Gasteiger partial charge in [-0.15, -0.1) is 12.3 Å². The molecule has 1 aromatic heterocycles. The van der Waals surface area contributed by atoms with E-state index in [1.54, 1.807) is 0 Å². The number of unbranched alkanes of at least 4 members (excludes halogenated alkanes) is 2. The van der Waals surface area contributed by atoms with Crippen molar-refractivity contribution in [2.45, 2.75) is 52.6 Å². The third-order valence-electron chi connectivity index (χ3n) is 2.99. The zero-order chi connectivity index (χ0) is 17.3. The van der Waals surface area contributed by atoms with Crippen LogP contribution >= 0.6 is 11.3 Å². The van der Waals surface area contributed by atoms with Gasteiger partial charge < -0.3 is 15.2 Å². The largest absolute Gasteiger partial charge is 0.467 e. The summed E-state index contributed by atoms with van der Waals surface area (Å²) in [6.45, 7) is 6.96. The van der Waals surface area contributed by atoms with Crippen molar-refractivity contribution in [2.75, 3.05) is 13.2 Å². The van der Waals surface area contributed by atoms with Gasteiger partial charge in [-0.2, -0.15) is 0 Å². The van der Waals surface area contributed by atoms with Crippen molar-refractivity contribution in [1.29, 1.82) is 0 Å². The fourth-order valence-electron chi connectivity index (χ4n) is 2.00. The van der Waals surface area contributed by atoms with Crippen molar-refractivity contribution in [3.05, 3.63) is 11.1 Å². The molecule has 1 rings (SSSR count). The van der Waals surface area contributed by atoms with E-state index in [2.05, 4.69) is 37.0 Å². The first-order valence-electron chi connectivity index (χ1n) is 7.80. The Morgan fingerprint density at radius 2 is 2.26 bits per heavy atom. The molecule has 0 aliphatic heterocycles. The third kappa shape index (κ3) is 8.58. The van der Waals surface area contributed by atoms with Gasteiger partial charge in [-0.05, 0) is 24.7 Å². The minimum Gasteiger partial charge on any atom is -0.467 e. The molecule has 0 saturated carbocycles. The van der Waals surface area contributed by atoms with Crippen LogP contribution in [0.5, 0.6) is 5.19 Å². The van der Waals surface area contributed by atoms with Crippen LogP contribution in [0.3, 0.4) is 0 Å². The first kappa shape index (κ1) is 19.5. The highest BCUT2D eigenvalue weighted by atomic mass is 32.1. The summed E-state index contributed by atoms with van der Waals surface area (Å²) in [7, 11) is 0. The lowest BCUT2D eigenvalue weighted by Crippen LogP contribution is -2.24. The summed E-state index contributed by atoms with van der Waals surface area (Å²) in [6, 6.07) is 0. The van der Waals surface area contributed by atoms with E-state index in [0.29, 0.717) is 23.0 Å². The minimum absolute atomic E-state index is 0.0378. The summed E-state index contributed by atoms with van der Waals surface area (Å²) in [5, 5.41) is 13.1. The Labute approximate surface area is 142 Å². The minimum atomic E-state index is -0.549. The van der Waals surface area contributed by atoms with Gasteiger partial charge in [-0.25, -0.2) is 4.98 Å². The summed E-state index contributed by atoms with van der Waals surface area (Å²) >= 11 is 1.18. The Morgan fingerprint density at radius 1 is 1.52 bits per heavy atom. The smallest absolute Gasteiger partial charge is 0.273 e. The van der Waals surface area contributed by atoms with E-state index in [0.717, 1.165) is 19.3 Å².